The van der Waals surface area contributed by atoms with Crippen molar-refractivity contribution in [3.05, 3.63) is 0 Å². The van der Waals surface area contributed by atoms with Crippen LogP contribution in [0.1, 0.15) is 13.3 Å². The first-order valence-corrected chi connectivity index (χ1v) is 3.42. The number of aliphatic carboxylic acids is 1. The predicted octanol–water partition coefficient (Wildman–Crippen LogP) is 0.707. The first-order valence-electron chi connectivity index (χ1n) is 3.42. The van der Waals surface area contributed by atoms with Crippen LogP contribution >= 0.6 is 0 Å². The van der Waals surface area contributed by atoms with E-state index in [0.29, 0.717) is 6.42 Å². The molecule has 0 saturated heterocycles. The molecule has 0 amide bonds. The summed E-state index contributed by atoms with van der Waals surface area (Å²) in [4.78, 5) is 23.3. The van der Waals surface area contributed by atoms with Crippen molar-refractivity contribution in [3.8, 4) is 0 Å². The third-order valence-corrected chi connectivity index (χ3v) is 0.747. The molecule has 0 aromatic carbocycles. The van der Waals surface area contributed by atoms with Gasteiger partial charge in [-0.1, -0.05) is 6.92 Å². The van der Waals surface area contributed by atoms with Crippen molar-refractivity contribution >= 4 is 11.9 Å². The van der Waals surface area contributed by atoms with E-state index in [0.717, 1.165) is 0 Å². The Hall–Kier alpha value is -1.31. The van der Waals surface area contributed by atoms with Gasteiger partial charge in [-0.05, 0) is 0 Å². The minimum absolute atomic E-state index is 0.234. The SMILES string of the molecule is CCC(=O)ONC.O=C(O)C(F)(F)F. The highest BCUT2D eigenvalue weighted by Gasteiger charge is 2.38. The maximum absolute atomic E-state index is 10.6. The topological polar surface area (TPSA) is 75.6 Å². The van der Waals surface area contributed by atoms with Gasteiger partial charge < -0.3 is 9.94 Å². The van der Waals surface area contributed by atoms with E-state index < -0.39 is 12.1 Å². The maximum Gasteiger partial charge on any atom is 0.490 e. The molecule has 0 aliphatic carbocycles. The number of carboxylic acid groups (broad SMARTS) is 1. The second-order valence-electron chi connectivity index (χ2n) is 1.83. The van der Waals surface area contributed by atoms with E-state index >= 15 is 0 Å². The fourth-order valence-corrected chi connectivity index (χ4v) is 0.186. The summed E-state index contributed by atoms with van der Waals surface area (Å²) in [6.45, 7) is 1.74. The molecule has 0 bridgehead atoms. The van der Waals surface area contributed by atoms with Gasteiger partial charge in [0.15, 0.2) is 0 Å². The number of hydroxylamine groups is 1. The molecule has 8 heteroatoms. The Kier molecular flexibility index (Phi) is 7.73. The molecule has 0 aromatic heterocycles. The molecule has 0 unspecified atom stereocenters. The molecular weight excluding hydrogens is 207 g/mol. The summed E-state index contributed by atoms with van der Waals surface area (Å²) in [6.07, 6.45) is -4.67. The number of rotatable bonds is 2. The standard InChI is InChI=1S/C4H9NO2.C2HF3O2/c1-3-4(6)7-5-2;3-2(4,5)1(6)7/h5H,3H2,1-2H3;(H,6,7). The van der Waals surface area contributed by atoms with Gasteiger partial charge in [0.1, 0.15) is 0 Å². The van der Waals surface area contributed by atoms with Crippen LogP contribution in [0.4, 0.5) is 13.2 Å². The first kappa shape index (κ1) is 15.2. The van der Waals surface area contributed by atoms with Crippen LogP contribution in [-0.4, -0.2) is 30.3 Å². The molecule has 0 atom stereocenters. The van der Waals surface area contributed by atoms with Crippen molar-refractivity contribution in [3.63, 3.8) is 0 Å². The lowest BCUT2D eigenvalue weighted by atomic mass is 10.5. The van der Waals surface area contributed by atoms with Crippen LogP contribution in [0.5, 0.6) is 0 Å². The lowest BCUT2D eigenvalue weighted by molar-refractivity contribution is -0.192. The minimum atomic E-state index is -5.08. The molecule has 5 nitrogen and oxygen atoms in total. The average Bonchev–Trinajstić information content (AvgIpc) is 2.04. The van der Waals surface area contributed by atoms with Gasteiger partial charge in [-0.25, -0.2) is 4.79 Å². The molecule has 14 heavy (non-hydrogen) atoms. The Labute approximate surface area is 77.8 Å². The molecule has 0 aliphatic rings. The van der Waals surface area contributed by atoms with Crippen molar-refractivity contribution < 1.29 is 32.7 Å². The number of carboxylic acids is 1. The van der Waals surface area contributed by atoms with E-state index in [2.05, 4.69) is 10.3 Å². The molecule has 0 radical (unpaired) electrons. The first-order chi connectivity index (χ1) is 6.25. The molecule has 0 spiro atoms. The van der Waals surface area contributed by atoms with Crippen LogP contribution < -0.4 is 5.48 Å². The van der Waals surface area contributed by atoms with E-state index in [-0.39, 0.29) is 5.97 Å². The van der Waals surface area contributed by atoms with E-state index in [1.807, 2.05) is 0 Å². The summed E-state index contributed by atoms with van der Waals surface area (Å²) >= 11 is 0. The molecule has 0 heterocycles. The highest BCUT2D eigenvalue weighted by atomic mass is 19.4. The maximum atomic E-state index is 10.6. The van der Waals surface area contributed by atoms with Crippen molar-refractivity contribution in [2.45, 2.75) is 19.5 Å². The number of carbonyl (C=O) groups is 2. The zero-order valence-corrected chi connectivity index (χ0v) is 7.51. The van der Waals surface area contributed by atoms with Gasteiger partial charge in [0, 0.05) is 13.5 Å². The van der Waals surface area contributed by atoms with Crippen molar-refractivity contribution in [2.24, 2.45) is 0 Å². The number of carbonyl (C=O) groups excluding carboxylic acids is 1. The second-order valence-corrected chi connectivity index (χ2v) is 1.83. The summed E-state index contributed by atoms with van der Waals surface area (Å²) < 4.78 is 31.7. The molecule has 0 saturated carbocycles. The van der Waals surface area contributed by atoms with Gasteiger partial charge in [-0.2, -0.15) is 18.7 Å². The van der Waals surface area contributed by atoms with Crippen LogP contribution in [0, 0.1) is 0 Å². The fourth-order valence-electron chi connectivity index (χ4n) is 0.186. The molecule has 0 fully saturated rings. The zero-order valence-electron chi connectivity index (χ0n) is 7.51. The van der Waals surface area contributed by atoms with E-state index in [4.69, 9.17) is 9.90 Å². The highest BCUT2D eigenvalue weighted by Crippen LogP contribution is 2.13. The third kappa shape index (κ3) is 10.7. The molecular formula is C6H10F3NO4. The summed E-state index contributed by atoms with van der Waals surface area (Å²) in [6, 6.07) is 0. The fraction of sp³-hybridized carbons (Fsp3) is 0.667. The van der Waals surface area contributed by atoms with E-state index in [1.54, 1.807) is 14.0 Å². The van der Waals surface area contributed by atoms with E-state index in [9.17, 15) is 18.0 Å². The predicted molar refractivity (Wildman–Crippen MR) is 39.1 cm³/mol. The largest absolute Gasteiger partial charge is 0.490 e. The van der Waals surface area contributed by atoms with Crippen molar-refractivity contribution in [2.75, 3.05) is 7.05 Å². The average molecular weight is 217 g/mol. The third-order valence-electron chi connectivity index (χ3n) is 0.747. The van der Waals surface area contributed by atoms with Crippen LogP contribution in [0.25, 0.3) is 0 Å². The lowest BCUT2D eigenvalue weighted by Gasteiger charge is -1.94. The van der Waals surface area contributed by atoms with Crippen LogP contribution in [-0.2, 0) is 14.4 Å². The van der Waals surface area contributed by atoms with Gasteiger partial charge in [-0.3, -0.25) is 4.79 Å². The van der Waals surface area contributed by atoms with Gasteiger partial charge in [-0.15, -0.1) is 0 Å². The zero-order chi connectivity index (χ0) is 11.8. The molecule has 0 rings (SSSR count). The Balaban J connectivity index is 0. The second kappa shape index (κ2) is 7.13. The quantitative estimate of drug-likeness (QED) is 0.666. The van der Waals surface area contributed by atoms with Gasteiger partial charge in [0.2, 0.25) is 0 Å². The normalized spacial score (nSPS) is 9.79. The monoisotopic (exact) mass is 217 g/mol. The van der Waals surface area contributed by atoms with Crippen LogP contribution in [0.3, 0.4) is 0 Å². The van der Waals surface area contributed by atoms with E-state index in [1.165, 1.54) is 0 Å². The number of nitrogens with one attached hydrogen (secondary N) is 1. The summed E-state index contributed by atoms with van der Waals surface area (Å²) in [5, 5.41) is 7.12. The highest BCUT2D eigenvalue weighted by molar-refractivity contribution is 5.73. The van der Waals surface area contributed by atoms with Crippen molar-refractivity contribution in [1.29, 1.82) is 0 Å². The Morgan fingerprint density at radius 1 is 1.43 bits per heavy atom. The Morgan fingerprint density at radius 2 is 1.79 bits per heavy atom. The smallest absolute Gasteiger partial charge is 0.475 e. The Morgan fingerprint density at radius 3 is 1.86 bits per heavy atom. The molecule has 2 N–H and O–H groups in total. The lowest BCUT2D eigenvalue weighted by Crippen LogP contribution is -2.21. The van der Waals surface area contributed by atoms with Gasteiger partial charge >= 0.3 is 18.1 Å². The molecule has 84 valence electrons. The Bertz CT molecular complexity index is 192. The van der Waals surface area contributed by atoms with Crippen LogP contribution in [0.2, 0.25) is 0 Å². The molecule has 0 aliphatic heterocycles. The van der Waals surface area contributed by atoms with Crippen LogP contribution in [0.15, 0.2) is 0 Å². The van der Waals surface area contributed by atoms with Gasteiger partial charge in [0.25, 0.3) is 0 Å². The number of hydrogen-bond donors (Lipinski definition) is 2. The van der Waals surface area contributed by atoms with Gasteiger partial charge in [0.05, 0.1) is 0 Å². The van der Waals surface area contributed by atoms with Crippen molar-refractivity contribution in [1.82, 2.24) is 5.48 Å². The minimum Gasteiger partial charge on any atom is -0.475 e. The summed E-state index contributed by atoms with van der Waals surface area (Å²) in [7, 11) is 1.55. The number of hydrogen-bond acceptors (Lipinski definition) is 4. The number of halogens is 3. The number of alkyl halides is 3. The summed E-state index contributed by atoms with van der Waals surface area (Å²) in [5.74, 6) is -2.99. The summed E-state index contributed by atoms with van der Waals surface area (Å²) in [5.41, 5.74) is 2.27. The molecule has 0 aromatic rings.